The second-order valence-electron chi connectivity index (χ2n) is 6.72. The molecule has 0 aromatic heterocycles. The molecule has 2 aromatic rings. The maximum absolute atomic E-state index is 12.6. The molecule has 142 valence electrons. The van der Waals surface area contributed by atoms with Crippen LogP contribution in [-0.2, 0) is 14.8 Å². The van der Waals surface area contributed by atoms with Crippen molar-refractivity contribution in [3.63, 3.8) is 0 Å². The molecule has 1 heterocycles. The largest absolute Gasteiger partial charge is 0.323 e. The van der Waals surface area contributed by atoms with Crippen LogP contribution in [0.3, 0.4) is 0 Å². The second-order valence-corrected chi connectivity index (χ2v) is 8.66. The van der Waals surface area contributed by atoms with E-state index in [1.807, 2.05) is 31.2 Å². The highest BCUT2D eigenvalue weighted by Gasteiger charge is 2.25. The zero-order valence-corrected chi connectivity index (χ0v) is 16.2. The lowest BCUT2D eigenvalue weighted by molar-refractivity contribution is -0.111. The normalized spacial score (nSPS) is 15.7. The first-order valence-electron chi connectivity index (χ1n) is 9.11. The molecule has 6 heteroatoms. The fourth-order valence-corrected chi connectivity index (χ4v) is 4.52. The van der Waals surface area contributed by atoms with Crippen LogP contribution in [0.1, 0.15) is 30.4 Å². The van der Waals surface area contributed by atoms with Crippen molar-refractivity contribution in [3.8, 4) is 0 Å². The van der Waals surface area contributed by atoms with Gasteiger partial charge in [-0.3, -0.25) is 4.79 Å². The average molecular weight is 385 g/mol. The number of nitrogens with zero attached hydrogens (tertiary/aromatic N) is 1. The van der Waals surface area contributed by atoms with Crippen LogP contribution >= 0.6 is 0 Å². The van der Waals surface area contributed by atoms with Gasteiger partial charge in [0.25, 0.3) is 0 Å². The third kappa shape index (κ3) is 5.05. The Hall–Kier alpha value is -2.44. The monoisotopic (exact) mass is 384 g/mol. The van der Waals surface area contributed by atoms with Crippen molar-refractivity contribution in [2.45, 2.75) is 31.1 Å². The van der Waals surface area contributed by atoms with E-state index in [1.165, 1.54) is 10.4 Å². The Morgan fingerprint density at radius 2 is 1.59 bits per heavy atom. The van der Waals surface area contributed by atoms with E-state index in [2.05, 4.69) is 5.32 Å². The Kier molecular flexibility index (Phi) is 6.08. The molecule has 0 saturated carbocycles. The van der Waals surface area contributed by atoms with E-state index in [0.29, 0.717) is 18.8 Å². The van der Waals surface area contributed by atoms with E-state index in [-0.39, 0.29) is 10.8 Å². The molecule has 0 unspecified atom stereocenters. The summed E-state index contributed by atoms with van der Waals surface area (Å²) in [6.07, 6.45) is 6.08. The van der Waals surface area contributed by atoms with E-state index in [9.17, 15) is 13.2 Å². The molecule has 27 heavy (non-hydrogen) atoms. The molecule has 2 aromatic carbocycles. The van der Waals surface area contributed by atoms with Gasteiger partial charge in [-0.2, -0.15) is 4.31 Å². The lowest BCUT2D eigenvalue weighted by Gasteiger charge is -2.25. The van der Waals surface area contributed by atoms with Gasteiger partial charge in [0.05, 0.1) is 4.90 Å². The Morgan fingerprint density at radius 1 is 0.963 bits per heavy atom. The standard InChI is InChI=1S/C21H24N2O3S/c1-17-5-7-18(8-6-17)9-14-21(24)22-19-10-12-20(13-11-19)27(25,26)23-15-3-2-4-16-23/h5-14H,2-4,15-16H2,1H3,(H,22,24). The Morgan fingerprint density at radius 3 is 2.22 bits per heavy atom. The van der Waals surface area contributed by atoms with Gasteiger partial charge in [0.15, 0.2) is 0 Å². The number of sulfonamides is 1. The maximum atomic E-state index is 12.6. The van der Waals surface area contributed by atoms with Gasteiger partial charge in [0.2, 0.25) is 15.9 Å². The quantitative estimate of drug-likeness (QED) is 0.797. The van der Waals surface area contributed by atoms with Gasteiger partial charge in [0, 0.05) is 24.9 Å². The SMILES string of the molecule is Cc1ccc(C=CC(=O)Nc2ccc(S(=O)(=O)N3CCCCC3)cc2)cc1. The molecule has 5 nitrogen and oxygen atoms in total. The minimum atomic E-state index is -3.45. The smallest absolute Gasteiger partial charge is 0.248 e. The van der Waals surface area contributed by atoms with Crippen LogP contribution < -0.4 is 5.32 Å². The average Bonchev–Trinajstić information content (AvgIpc) is 2.69. The van der Waals surface area contributed by atoms with Crippen LogP contribution in [0.25, 0.3) is 6.08 Å². The van der Waals surface area contributed by atoms with Crippen molar-refractivity contribution in [3.05, 3.63) is 65.7 Å². The van der Waals surface area contributed by atoms with Crippen LogP contribution in [0.15, 0.2) is 59.5 Å². The summed E-state index contributed by atoms with van der Waals surface area (Å²) in [5.41, 5.74) is 2.67. The number of nitrogens with one attached hydrogen (secondary N) is 1. The molecule has 1 saturated heterocycles. The first-order valence-corrected chi connectivity index (χ1v) is 10.6. The van der Waals surface area contributed by atoms with Crippen LogP contribution in [0, 0.1) is 6.92 Å². The van der Waals surface area contributed by atoms with Crippen molar-refractivity contribution in [1.82, 2.24) is 4.31 Å². The molecular formula is C21H24N2O3S. The second kappa shape index (κ2) is 8.50. The number of aryl methyl sites for hydroxylation is 1. The molecular weight excluding hydrogens is 360 g/mol. The number of hydrogen-bond acceptors (Lipinski definition) is 3. The van der Waals surface area contributed by atoms with E-state index in [1.54, 1.807) is 30.3 Å². The highest BCUT2D eigenvalue weighted by molar-refractivity contribution is 7.89. The van der Waals surface area contributed by atoms with Crippen LogP contribution in [0.2, 0.25) is 0 Å². The number of hydrogen-bond donors (Lipinski definition) is 1. The first-order chi connectivity index (χ1) is 12.9. The molecule has 0 aliphatic carbocycles. The molecule has 0 atom stereocenters. The zero-order valence-electron chi connectivity index (χ0n) is 15.4. The van der Waals surface area contributed by atoms with Crippen LogP contribution in [-0.4, -0.2) is 31.7 Å². The molecule has 1 aliphatic rings. The summed E-state index contributed by atoms with van der Waals surface area (Å²) in [5.74, 6) is -0.262. The number of rotatable bonds is 5. The number of amides is 1. The Balaban J connectivity index is 1.63. The molecule has 0 spiro atoms. The fourth-order valence-electron chi connectivity index (χ4n) is 3.00. The van der Waals surface area contributed by atoms with Crippen molar-refractivity contribution in [2.75, 3.05) is 18.4 Å². The Labute approximate surface area is 160 Å². The summed E-state index contributed by atoms with van der Waals surface area (Å²) in [4.78, 5) is 12.3. The lowest BCUT2D eigenvalue weighted by Crippen LogP contribution is -2.35. The summed E-state index contributed by atoms with van der Waals surface area (Å²) in [6.45, 7) is 3.16. The third-order valence-corrected chi connectivity index (χ3v) is 6.49. The topological polar surface area (TPSA) is 66.5 Å². The minimum absolute atomic E-state index is 0.262. The summed E-state index contributed by atoms with van der Waals surface area (Å²) in [7, 11) is -3.45. The third-order valence-electron chi connectivity index (χ3n) is 4.58. The molecule has 1 fully saturated rings. The number of carbonyl (C=O) groups excluding carboxylic acids is 1. The van der Waals surface area contributed by atoms with Crippen molar-refractivity contribution in [1.29, 1.82) is 0 Å². The van der Waals surface area contributed by atoms with E-state index >= 15 is 0 Å². The predicted molar refractivity (Wildman–Crippen MR) is 108 cm³/mol. The minimum Gasteiger partial charge on any atom is -0.323 e. The molecule has 3 rings (SSSR count). The Bertz CT molecular complexity index is 911. The fraction of sp³-hybridized carbons (Fsp3) is 0.286. The summed E-state index contributed by atoms with van der Waals surface area (Å²) < 4.78 is 26.8. The van der Waals surface area contributed by atoms with Crippen molar-refractivity contribution < 1.29 is 13.2 Å². The summed E-state index contributed by atoms with van der Waals surface area (Å²) >= 11 is 0. The van der Waals surface area contributed by atoms with E-state index < -0.39 is 10.0 Å². The van der Waals surface area contributed by atoms with Crippen LogP contribution in [0.4, 0.5) is 5.69 Å². The van der Waals surface area contributed by atoms with Gasteiger partial charge in [-0.15, -0.1) is 0 Å². The number of piperidine rings is 1. The van der Waals surface area contributed by atoms with Gasteiger partial charge in [-0.1, -0.05) is 36.2 Å². The number of carbonyl (C=O) groups is 1. The van der Waals surface area contributed by atoms with Gasteiger partial charge >= 0.3 is 0 Å². The molecule has 0 radical (unpaired) electrons. The molecule has 1 aliphatic heterocycles. The van der Waals surface area contributed by atoms with E-state index in [0.717, 1.165) is 30.4 Å². The number of benzene rings is 2. The summed E-state index contributed by atoms with van der Waals surface area (Å²) in [6, 6.07) is 14.2. The highest BCUT2D eigenvalue weighted by Crippen LogP contribution is 2.22. The van der Waals surface area contributed by atoms with Gasteiger partial charge in [-0.05, 0) is 55.7 Å². The highest BCUT2D eigenvalue weighted by atomic mass is 32.2. The van der Waals surface area contributed by atoms with Crippen molar-refractivity contribution >= 4 is 27.7 Å². The first kappa shape index (κ1) is 19.3. The summed E-state index contributed by atoms with van der Waals surface area (Å²) in [5, 5.41) is 2.75. The zero-order chi connectivity index (χ0) is 19.3. The molecule has 1 N–H and O–H groups in total. The number of anilines is 1. The van der Waals surface area contributed by atoms with Gasteiger partial charge < -0.3 is 5.32 Å². The molecule has 0 bridgehead atoms. The van der Waals surface area contributed by atoms with Crippen LogP contribution in [0.5, 0.6) is 0 Å². The van der Waals surface area contributed by atoms with Crippen molar-refractivity contribution in [2.24, 2.45) is 0 Å². The molecule has 1 amide bonds. The maximum Gasteiger partial charge on any atom is 0.248 e. The van der Waals surface area contributed by atoms with Gasteiger partial charge in [-0.25, -0.2) is 8.42 Å². The lowest BCUT2D eigenvalue weighted by atomic mass is 10.1. The predicted octanol–water partition coefficient (Wildman–Crippen LogP) is 3.82. The van der Waals surface area contributed by atoms with Gasteiger partial charge in [0.1, 0.15) is 0 Å². The van der Waals surface area contributed by atoms with E-state index in [4.69, 9.17) is 0 Å².